The van der Waals surface area contributed by atoms with Crippen molar-refractivity contribution in [1.82, 2.24) is 14.6 Å². The molecule has 3 N–H and O–H groups in total. The van der Waals surface area contributed by atoms with Crippen molar-refractivity contribution in [3.8, 4) is 5.75 Å². The van der Waals surface area contributed by atoms with Gasteiger partial charge in [0.2, 0.25) is 0 Å². The number of aromatic nitrogens is 2. The molecule has 0 amide bonds. The van der Waals surface area contributed by atoms with E-state index in [1.54, 1.807) is 30.3 Å². The average Bonchev–Trinajstić information content (AvgIpc) is 2.97. The van der Waals surface area contributed by atoms with Crippen LogP contribution in [0.15, 0.2) is 47.4 Å². The standard InChI is InChI=1S/C28H42FN4O8P/c1-3-5-10-16-38-26(34)18-24(27(35)39-17-11-6-4-2)32-42(37,41-22-12-8-7-9-13-22)21-40-23(19-29)20-33-15-14-25(30)31-28(33)36/h7-9,12-15,23-24H,3-6,10-11,16-21H2,1-2H3,(H,32,37)(H2,30,31,36)/t23?,24-,42?/m0/s1. The third-order valence-corrected chi connectivity index (χ3v) is 7.66. The number of nitrogens with zero attached hydrogens (tertiary/aromatic N) is 2. The van der Waals surface area contributed by atoms with Crippen molar-refractivity contribution in [2.24, 2.45) is 0 Å². The number of carbonyl (C=O) groups is 2. The Bertz CT molecular complexity index is 1200. The van der Waals surface area contributed by atoms with Gasteiger partial charge in [0, 0.05) is 6.20 Å². The Morgan fingerprint density at radius 3 is 2.33 bits per heavy atom. The molecule has 0 aliphatic rings. The monoisotopic (exact) mass is 612 g/mol. The number of esters is 2. The summed E-state index contributed by atoms with van der Waals surface area (Å²) in [5.74, 6) is -1.30. The number of hydrogen-bond donors (Lipinski definition) is 2. The highest BCUT2D eigenvalue weighted by Crippen LogP contribution is 2.44. The lowest BCUT2D eigenvalue weighted by Crippen LogP contribution is -2.41. The molecule has 0 saturated carbocycles. The minimum Gasteiger partial charge on any atom is -0.466 e. The molecule has 0 radical (unpaired) electrons. The van der Waals surface area contributed by atoms with E-state index in [9.17, 15) is 23.3 Å². The number of hydrogen-bond acceptors (Lipinski definition) is 10. The largest absolute Gasteiger partial charge is 0.466 e. The zero-order valence-corrected chi connectivity index (χ0v) is 25.1. The van der Waals surface area contributed by atoms with Crippen LogP contribution in [0.2, 0.25) is 0 Å². The fourth-order valence-corrected chi connectivity index (χ4v) is 5.42. The highest BCUT2D eigenvalue weighted by Gasteiger charge is 2.36. The number of nitrogens with two attached hydrogens (primary N) is 1. The van der Waals surface area contributed by atoms with Gasteiger partial charge in [-0.3, -0.25) is 18.7 Å². The number of nitrogens with one attached hydrogen (secondary N) is 1. The summed E-state index contributed by atoms with van der Waals surface area (Å²) in [6.45, 7) is 3.04. The quantitative estimate of drug-likeness (QED) is 0.118. The van der Waals surface area contributed by atoms with Crippen molar-refractivity contribution in [2.45, 2.75) is 77.5 Å². The van der Waals surface area contributed by atoms with Gasteiger partial charge in [0.1, 0.15) is 36.7 Å². The van der Waals surface area contributed by atoms with Crippen molar-refractivity contribution < 1.29 is 37.3 Å². The molecule has 1 aromatic carbocycles. The van der Waals surface area contributed by atoms with Crippen LogP contribution in [0.1, 0.15) is 58.8 Å². The molecule has 0 aliphatic heterocycles. The van der Waals surface area contributed by atoms with Crippen LogP contribution in [-0.2, 0) is 34.9 Å². The number of benzene rings is 1. The van der Waals surface area contributed by atoms with Crippen molar-refractivity contribution in [3.63, 3.8) is 0 Å². The Morgan fingerprint density at radius 2 is 1.71 bits per heavy atom. The van der Waals surface area contributed by atoms with Crippen LogP contribution >= 0.6 is 7.52 Å². The first-order valence-electron chi connectivity index (χ1n) is 14.1. The van der Waals surface area contributed by atoms with Crippen LogP contribution in [0.4, 0.5) is 10.2 Å². The number of halogens is 1. The van der Waals surface area contributed by atoms with Crippen LogP contribution in [0, 0.1) is 0 Å². The van der Waals surface area contributed by atoms with E-state index in [0.717, 1.165) is 30.3 Å². The van der Waals surface area contributed by atoms with Gasteiger partial charge in [0.15, 0.2) is 0 Å². The third-order valence-electron chi connectivity index (χ3n) is 5.96. The van der Waals surface area contributed by atoms with Crippen LogP contribution in [0.3, 0.4) is 0 Å². The van der Waals surface area contributed by atoms with E-state index >= 15 is 0 Å². The zero-order valence-electron chi connectivity index (χ0n) is 24.2. The lowest BCUT2D eigenvalue weighted by Gasteiger charge is -2.26. The molecule has 14 heteroatoms. The normalized spacial score (nSPS) is 14.0. The fourth-order valence-electron chi connectivity index (χ4n) is 3.70. The number of anilines is 1. The summed E-state index contributed by atoms with van der Waals surface area (Å²) < 4.78 is 51.1. The van der Waals surface area contributed by atoms with Crippen molar-refractivity contribution >= 4 is 25.3 Å². The van der Waals surface area contributed by atoms with Crippen LogP contribution < -0.4 is 21.0 Å². The summed E-state index contributed by atoms with van der Waals surface area (Å²) in [7, 11) is -4.15. The minimum atomic E-state index is -4.15. The van der Waals surface area contributed by atoms with Gasteiger partial charge in [-0.2, -0.15) is 4.98 Å². The molecule has 0 bridgehead atoms. The van der Waals surface area contributed by atoms with E-state index in [1.165, 1.54) is 12.3 Å². The van der Waals surface area contributed by atoms with Gasteiger partial charge in [-0.25, -0.2) is 14.3 Å². The van der Waals surface area contributed by atoms with Crippen molar-refractivity contribution in [2.75, 3.05) is 32.0 Å². The highest BCUT2D eigenvalue weighted by atomic mass is 31.2. The number of para-hydroxylation sites is 1. The first kappa shape index (κ1) is 34.9. The zero-order chi connectivity index (χ0) is 30.8. The van der Waals surface area contributed by atoms with Crippen LogP contribution in [0.5, 0.6) is 5.75 Å². The van der Waals surface area contributed by atoms with Gasteiger partial charge in [-0.1, -0.05) is 57.7 Å². The van der Waals surface area contributed by atoms with Crippen LogP contribution in [-0.4, -0.2) is 59.9 Å². The lowest BCUT2D eigenvalue weighted by atomic mass is 10.2. The molecule has 0 aliphatic carbocycles. The van der Waals surface area contributed by atoms with E-state index in [-0.39, 0.29) is 31.3 Å². The minimum absolute atomic E-state index is 0.00967. The van der Waals surface area contributed by atoms with Gasteiger partial charge < -0.3 is 24.5 Å². The van der Waals surface area contributed by atoms with Gasteiger partial charge in [-0.15, -0.1) is 0 Å². The Morgan fingerprint density at radius 1 is 1.05 bits per heavy atom. The number of carbonyl (C=O) groups excluding carboxylic acids is 2. The number of nitrogen functional groups attached to an aromatic ring is 1. The number of unbranched alkanes of at least 4 members (excludes halogenated alkanes) is 4. The molecule has 2 rings (SSSR count). The van der Waals surface area contributed by atoms with Gasteiger partial charge in [0.05, 0.1) is 26.2 Å². The first-order chi connectivity index (χ1) is 20.2. The maximum atomic E-state index is 14.1. The van der Waals surface area contributed by atoms with Gasteiger partial charge in [-0.05, 0) is 31.0 Å². The van der Waals surface area contributed by atoms with E-state index in [4.69, 9.17) is 24.5 Å². The van der Waals surface area contributed by atoms with E-state index in [0.29, 0.717) is 12.8 Å². The predicted octanol–water partition coefficient (Wildman–Crippen LogP) is 4.22. The molecule has 1 heterocycles. The van der Waals surface area contributed by atoms with E-state index < -0.39 is 56.7 Å². The second-order valence-corrected chi connectivity index (χ2v) is 11.7. The SMILES string of the molecule is CCCCCOC(=O)C[C@H](NP(=O)(COC(CF)Cn1ccc(N)nc1=O)Oc1ccccc1)C(=O)OCCCCC. The molecule has 0 spiro atoms. The molecule has 0 fully saturated rings. The van der Waals surface area contributed by atoms with Gasteiger partial charge in [0.25, 0.3) is 0 Å². The third kappa shape index (κ3) is 13.1. The maximum Gasteiger partial charge on any atom is 0.349 e. The van der Waals surface area contributed by atoms with Crippen molar-refractivity contribution in [1.29, 1.82) is 0 Å². The smallest absolute Gasteiger partial charge is 0.349 e. The highest BCUT2D eigenvalue weighted by molar-refractivity contribution is 7.57. The van der Waals surface area contributed by atoms with Gasteiger partial charge >= 0.3 is 25.1 Å². The molecule has 2 aromatic rings. The fraction of sp³-hybridized carbons (Fsp3) is 0.571. The van der Waals surface area contributed by atoms with Crippen molar-refractivity contribution in [3.05, 3.63) is 53.1 Å². The van der Waals surface area contributed by atoms with E-state index in [2.05, 4.69) is 10.1 Å². The topological polar surface area (TPSA) is 161 Å². The van der Waals surface area contributed by atoms with Crippen LogP contribution in [0.25, 0.3) is 0 Å². The molecule has 0 saturated heterocycles. The lowest BCUT2D eigenvalue weighted by molar-refractivity contribution is -0.152. The summed E-state index contributed by atoms with van der Waals surface area (Å²) in [4.78, 5) is 41.3. The second kappa shape index (κ2) is 19.0. The summed E-state index contributed by atoms with van der Waals surface area (Å²) in [5.41, 5.74) is 4.80. The second-order valence-electron chi connectivity index (χ2n) is 9.63. The molecular formula is C28H42FN4O8P. The molecule has 12 nitrogen and oxygen atoms in total. The summed E-state index contributed by atoms with van der Waals surface area (Å²) in [6, 6.07) is 8.10. The number of alkyl halides is 1. The summed E-state index contributed by atoms with van der Waals surface area (Å²) in [5, 5.41) is 2.63. The first-order valence-corrected chi connectivity index (χ1v) is 15.9. The Labute approximate surface area is 245 Å². The predicted molar refractivity (Wildman–Crippen MR) is 156 cm³/mol. The molecular weight excluding hydrogens is 570 g/mol. The Kier molecular flexibility index (Phi) is 15.8. The Hall–Kier alpha value is -3.28. The number of rotatable bonds is 21. The van der Waals surface area contributed by atoms with E-state index in [1.807, 2.05) is 13.8 Å². The molecule has 234 valence electrons. The molecule has 2 unspecified atom stereocenters. The maximum absolute atomic E-state index is 14.1. The molecule has 1 aromatic heterocycles. The average molecular weight is 613 g/mol. The summed E-state index contributed by atoms with van der Waals surface area (Å²) >= 11 is 0. The summed E-state index contributed by atoms with van der Waals surface area (Å²) in [6.07, 6.45) is 3.81. The number of ether oxygens (including phenoxy) is 3. The molecule has 3 atom stereocenters. The Balaban J connectivity index is 2.23. The molecule has 42 heavy (non-hydrogen) atoms.